The van der Waals surface area contributed by atoms with Crippen molar-refractivity contribution < 1.29 is 0 Å². The zero-order valence-corrected chi connectivity index (χ0v) is 6.65. The summed E-state index contributed by atoms with van der Waals surface area (Å²) in [7, 11) is 0. The minimum atomic E-state index is 1.13. The van der Waals surface area contributed by atoms with E-state index in [9.17, 15) is 0 Å². The zero-order chi connectivity index (χ0) is 7.11. The Balaban J connectivity index is 3.55. The van der Waals surface area contributed by atoms with E-state index >= 15 is 0 Å². The Bertz CT molecular complexity index is 107. The molecule has 0 saturated heterocycles. The van der Waals surface area contributed by atoms with Crippen molar-refractivity contribution in [3.05, 3.63) is 23.8 Å². The van der Waals surface area contributed by atoms with Gasteiger partial charge in [0.15, 0.2) is 0 Å². The minimum Gasteiger partial charge on any atom is -0.0848 e. The average Bonchev–Trinajstić information content (AvgIpc) is 1.89. The van der Waals surface area contributed by atoms with Gasteiger partial charge in [0.1, 0.15) is 0 Å². The van der Waals surface area contributed by atoms with Crippen LogP contribution in [-0.4, -0.2) is 0 Å². The van der Waals surface area contributed by atoms with Crippen LogP contribution in [0.2, 0.25) is 0 Å². The summed E-state index contributed by atoms with van der Waals surface area (Å²) in [6.45, 7) is 6.47. The Morgan fingerprint density at radius 1 is 1.33 bits per heavy atom. The molecule has 0 heteroatoms. The number of rotatable bonds is 3. The molecule has 0 bridgehead atoms. The topological polar surface area (TPSA) is 0 Å². The van der Waals surface area contributed by atoms with Gasteiger partial charge in [0.25, 0.3) is 0 Å². The molecule has 0 nitrogen and oxygen atoms in total. The van der Waals surface area contributed by atoms with E-state index in [1.807, 2.05) is 0 Å². The molecular weight excluding hydrogens is 108 g/mol. The van der Waals surface area contributed by atoms with E-state index in [4.69, 9.17) is 0 Å². The summed E-state index contributed by atoms with van der Waals surface area (Å²) in [5.41, 5.74) is 1.44. The van der Waals surface area contributed by atoms with Gasteiger partial charge in [-0.25, -0.2) is 0 Å². The summed E-state index contributed by atoms with van der Waals surface area (Å²) in [4.78, 5) is 0. The molecule has 52 valence electrons. The zero-order valence-electron chi connectivity index (χ0n) is 6.65. The summed E-state index contributed by atoms with van der Waals surface area (Å²) >= 11 is 0. The second kappa shape index (κ2) is 5.61. The molecule has 0 unspecified atom stereocenters. The van der Waals surface area contributed by atoms with E-state index in [1.54, 1.807) is 0 Å². The van der Waals surface area contributed by atoms with Crippen LogP contribution in [0.25, 0.3) is 0 Å². The fraction of sp³-hybridized carbons (Fsp3) is 0.556. The largest absolute Gasteiger partial charge is 0.0848 e. The fourth-order valence-corrected chi connectivity index (χ4v) is 0.486. The Kier molecular flexibility index (Phi) is 5.29. The van der Waals surface area contributed by atoms with E-state index in [-0.39, 0.29) is 0 Å². The standard InChI is InChI=1S/C9H16/c1-4-6-7-8-9(3)5-2/h6-8H,4-5H2,1-3H3/b7-6-,9-8+. The summed E-state index contributed by atoms with van der Waals surface area (Å²) < 4.78 is 0. The highest BCUT2D eigenvalue weighted by atomic mass is 13.8. The quantitative estimate of drug-likeness (QED) is 0.506. The molecule has 0 aliphatic rings. The van der Waals surface area contributed by atoms with Crippen LogP contribution < -0.4 is 0 Å². The first-order chi connectivity index (χ1) is 4.31. The van der Waals surface area contributed by atoms with Crippen LogP contribution in [0.3, 0.4) is 0 Å². The van der Waals surface area contributed by atoms with Crippen molar-refractivity contribution >= 4 is 0 Å². The SMILES string of the molecule is CC/C=C\C=C(/C)CC. The second-order valence-electron chi connectivity index (χ2n) is 2.20. The molecule has 0 aromatic heterocycles. The normalized spacial score (nSPS) is 13.0. The van der Waals surface area contributed by atoms with Crippen molar-refractivity contribution in [1.29, 1.82) is 0 Å². The maximum absolute atomic E-state index is 2.17. The lowest BCUT2D eigenvalue weighted by molar-refractivity contribution is 1.10. The molecule has 0 heterocycles. The maximum atomic E-state index is 2.17. The summed E-state index contributed by atoms with van der Waals surface area (Å²) in [5.74, 6) is 0. The molecule has 0 rings (SSSR count). The summed E-state index contributed by atoms with van der Waals surface area (Å²) in [6.07, 6.45) is 8.75. The van der Waals surface area contributed by atoms with Gasteiger partial charge in [0.05, 0.1) is 0 Å². The van der Waals surface area contributed by atoms with Gasteiger partial charge >= 0.3 is 0 Å². The molecule has 0 fully saturated rings. The van der Waals surface area contributed by atoms with E-state index in [2.05, 4.69) is 39.0 Å². The van der Waals surface area contributed by atoms with Gasteiger partial charge in [0, 0.05) is 0 Å². The maximum Gasteiger partial charge on any atom is -0.0349 e. The molecule has 0 spiro atoms. The molecule has 0 N–H and O–H groups in total. The first-order valence-electron chi connectivity index (χ1n) is 3.63. The van der Waals surface area contributed by atoms with Crippen LogP contribution in [0, 0.1) is 0 Å². The van der Waals surface area contributed by atoms with Crippen LogP contribution >= 0.6 is 0 Å². The Labute approximate surface area is 58.3 Å². The van der Waals surface area contributed by atoms with Crippen molar-refractivity contribution in [2.75, 3.05) is 0 Å². The van der Waals surface area contributed by atoms with Crippen LogP contribution in [0.15, 0.2) is 23.8 Å². The average molecular weight is 124 g/mol. The number of hydrogen-bond donors (Lipinski definition) is 0. The van der Waals surface area contributed by atoms with Crippen LogP contribution in [-0.2, 0) is 0 Å². The smallest absolute Gasteiger partial charge is 0.0349 e. The van der Waals surface area contributed by atoms with Crippen molar-refractivity contribution in [3.63, 3.8) is 0 Å². The fourth-order valence-electron chi connectivity index (χ4n) is 0.486. The molecule has 0 aromatic rings. The summed E-state index contributed by atoms with van der Waals surface area (Å²) in [6, 6.07) is 0. The predicted molar refractivity (Wildman–Crippen MR) is 43.5 cm³/mol. The van der Waals surface area contributed by atoms with Gasteiger partial charge in [-0.3, -0.25) is 0 Å². The highest BCUT2D eigenvalue weighted by Crippen LogP contribution is 1.97. The van der Waals surface area contributed by atoms with Crippen molar-refractivity contribution in [2.45, 2.75) is 33.6 Å². The highest BCUT2D eigenvalue weighted by Gasteiger charge is 1.76. The molecule has 0 amide bonds. The third-order valence-electron chi connectivity index (χ3n) is 1.31. The molecule has 0 atom stereocenters. The van der Waals surface area contributed by atoms with E-state index in [0.29, 0.717) is 0 Å². The Hall–Kier alpha value is -0.520. The molecule has 9 heavy (non-hydrogen) atoms. The first-order valence-corrected chi connectivity index (χ1v) is 3.63. The summed E-state index contributed by atoms with van der Waals surface area (Å²) in [5, 5.41) is 0. The van der Waals surface area contributed by atoms with Gasteiger partial charge < -0.3 is 0 Å². The molecular formula is C9H16. The van der Waals surface area contributed by atoms with Crippen LogP contribution in [0.5, 0.6) is 0 Å². The van der Waals surface area contributed by atoms with Gasteiger partial charge in [-0.1, -0.05) is 37.6 Å². The van der Waals surface area contributed by atoms with Crippen LogP contribution in [0.1, 0.15) is 33.6 Å². The number of allylic oxidation sites excluding steroid dienone is 4. The van der Waals surface area contributed by atoms with Crippen molar-refractivity contribution in [2.24, 2.45) is 0 Å². The van der Waals surface area contributed by atoms with Gasteiger partial charge in [0.2, 0.25) is 0 Å². The third-order valence-corrected chi connectivity index (χ3v) is 1.31. The van der Waals surface area contributed by atoms with E-state index < -0.39 is 0 Å². The predicted octanol–water partition coefficient (Wildman–Crippen LogP) is 3.31. The minimum absolute atomic E-state index is 1.13. The van der Waals surface area contributed by atoms with Gasteiger partial charge in [-0.2, -0.15) is 0 Å². The lowest BCUT2D eigenvalue weighted by Crippen LogP contribution is -1.66. The van der Waals surface area contributed by atoms with Crippen LogP contribution in [0.4, 0.5) is 0 Å². The van der Waals surface area contributed by atoms with E-state index in [1.165, 1.54) is 5.57 Å². The molecule has 0 aromatic carbocycles. The Morgan fingerprint density at radius 2 is 2.00 bits per heavy atom. The van der Waals surface area contributed by atoms with Gasteiger partial charge in [-0.15, -0.1) is 0 Å². The molecule has 0 aliphatic heterocycles. The third kappa shape index (κ3) is 5.35. The highest BCUT2D eigenvalue weighted by molar-refractivity contribution is 5.09. The van der Waals surface area contributed by atoms with Crippen molar-refractivity contribution in [1.82, 2.24) is 0 Å². The Morgan fingerprint density at radius 3 is 2.44 bits per heavy atom. The van der Waals surface area contributed by atoms with Gasteiger partial charge in [-0.05, 0) is 19.8 Å². The lowest BCUT2D eigenvalue weighted by Gasteiger charge is -1.87. The first kappa shape index (κ1) is 8.48. The van der Waals surface area contributed by atoms with E-state index in [0.717, 1.165) is 12.8 Å². The second-order valence-corrected chi connectivity index (χ2v) is 2.20. The lowest BCUT2D eigenvalue weighted by atomic mass is 10.2. The molecule has 0 aliphatic carbocycles. The monoisotopic (exact) mass is 124 g/mol. The molecule has 0 radical (unpaired) electrons. The number of hydrogen-bond acceptors (Lipinski definition) is 0. The van der Waals surface area contributed by atoms with Crippen molar-refractivity contribution in [3.8, 4) is 0 Å². The molecule has 0 saturated carbocycles.